The molecule has 0 spiro atoms. The van der Waals surface area contributed by atoms with E-state index in [1.165, 1.54) is 0 Å². The SMILES string of the molecule is CNC(=O)C(CCC=O)N1CCc2c(N3CCC(O)(CC(=O)O)CC3)cccc21. The standard InChI is InChI=1S/C21H29N3O5/c1-22-20(28)18(6-3-13-25)24-10-7-15-16(4-2-5-17(15)24)23-11-8-21(29,9-12-23)14-19(26)27/h2,4-5,13,18,29H,3,6-12,14H2,1H3,(H,22,28)(H,26,27). The number of hydrogen-bond donors (Lipinski definition) is 3. The summed E-state index contributed by atoms with van der Waals surface area (Å²) < 4.78 is 0. The van der Waals surface area contributed by atoms with Gasteiger partial charge in [-0.25, -0.2) is 0 Å². The van der Waals surface area contributed by atoms with Crippen LogP contribution in [0.2, 0.25) is 0 Å². The number of amides is 1. The predicted octanol–water partition coefficient (Wildman–Crippen LogP) is 0.949. The van der Waals surface area contributed by atoms with Crippen molar-refractivity contribution in [2.75, 3.05) is 36.5 Å². The molecule has 1 aromatic carbocycles. The van der Waals surface area contributed by atoms with Crippen molar-refractivity contribution < 1.29 is 24.6 Å². The second-order valence-corrected chi connectivity index (χ2v) is 7.87. The van der Waals surface area contributed by atoms with E-state index in [1.54, 1.807) is 7.05 Å². The third-order valence-corrected chi connectivity index (χ3v) is 6.04. The number of benzene rings is 1. The van der Waals surface area contributed by atoms with Gasteiger partial charge in [0.1, 0.15) is 12.3 Å². The van der Waals surface area contributed by atoms with E-state index in [9.17, 15) is 19.5 Å². The fourth-order valence-corrected chi connectivity index (χ4v) is 4.50. The molecule has 158 valence electrons. The van der Waals surface area contributed by atoms with Gasteiger partial charge in [-0.05, 0) is 37.8 Å². The van der Waals surface area contributed by atoms with E-state index in [0.717, 1.165) is 29.6 Å². The summed E-state index contributed by atoms with van der Waals surface area (Å²) in [6.45, 7) is 1.88. The van der Waals surface area contributed by atoms with Crippen molar-refractivity contribution >= 4 is 29.5 Å². The quantitative estimate of drug-likeness (QED) is 0.554. The molecule has 2 aliphatic heterocycles. The zero-order valence-electron chi connectivity index (χ0n) is 16.8. The van der Waals surface area contributed by atoms with Gasteiger partial charge in [-0.15, -0.1) is 0 Å². The first-order valence-corrected chi connectivity index (χ1v) is 10.1. The lowest BCUT2D eigenvalue weighted by Gasteiger charge is -2.39. The number of aliphatic carboxylic acids is 1. The van der Waals surface area contributed by atoms with Crippen molar-refractivity contribution in [3.05, 3.63) is 23.8 Å². The smallest absolute Gasteiger partial charge is 0.306 e. The first kappa shape index (κ1) is 21.1. The molecule has 1 atom stereocenters. The van der Waals surface area contributed by atoms with E-state index in [1.807, 2.05) is 18.2 Å². The van der Waals surface area contributed by atoms with Crippen molar-refractivity contribution in [3.8, 4) is 0 Å². The number of piperidine rings is 1. The summed E-state index contributed by atoms with van der Waals surface area (Å²) >= 11 is 0. The molecule has 2 heterocycles. The summed E-state index contributed by atoms with van der Waals surface area (Å²) in [7, 11) is 1.61. The van der Waals surface area contributed by atoms with Crippen LogP contribution in [-0.4, -0.2) is 66.7 Å². The molecule has 1 aromatic rings. The lowest BCUT2D eigenvalue weighted by atomic mass is 9.88. The molecule has 8 nitrogen and oxygen atoms in total. The van der Waals surface area contributed by atoms with Crippen LogP contribution < -0.4 is 15.1 Å². The zero-order valence-corrected chi connectivity index (χ0v) is 16.8. The van der Waals surface area contributed by atoms with Crippen LogP contribution in [0.15, 0.2) is 18.2 Å². The number of carbonyl (C=O) groups is 3. The normalized spacial score (nSPS) is 18.8. The maximum atomic E-state index is 12.4. The molecule has 29 heavy (non-hydrogen) atoms. The van der Waals surface area contributed by atoms with Crippen LogP contribution in [-0.2, 0) is 20.8 Å². The van der Waals surface area contributed by atoms with E-state index < -0.39 is 11.6 Å². The zero-order chi connectivity index (χ0) is 21.0. The molecule has 0 aromatic heterocycles. The van der Waals surface area contributed by atoms with E-state index in [2.05, 4.69) is 15.1 Å². The van der Waals surface area contributed by atoms with Crippen molar-refractivity contribution in [1.82, 2.24) is 5.32 Å². The highest BCUT2D eigenvalue weighted by molar-refractivity contribution is 5.87. The van der Waals surface area contributed by atoms with Crippen molar-refractivity contribution in [2.24, 2.45) is 0 Å². The van der Waals surface area contributed by atoms with Crippen molar-refractivity contribution in [2.45, 2.75) is 50.2 Å². The van der Waals surface area contributed by atoms with Crippen molar-refractivity contribution in [1.29, 1.82) is 0 Å². The average molecular weight is 403 g/mol. The highest BCUT2D eigenvalue weighted by Gasteiger charge is 2.37. The Morgan fingerprint density at radius 3 is 2.55 bits per heavy atom. The van der Waals surface area contributed by atoms with Gasteiger partial charge in [0.25, 0.3) is 0 Å². The number of fused-ring (bicyclic) bond motifs is 1. The molecule has 2 aliphatic rings. The molecule has 8 heteroatoms. The largest absolute Gasteiger partial charge is 0.481 e. The topological polar surface area (TPSA) is 110 Å². The number of carboxylic acids is 1. The number of aldehydes is 1. The van der Waals surface area contributed by atoms with Gasteiger partial charge in [0.15, 0.2) is 0 Å². The summed E-state index contributed by atoms with van der Waals surface area (Å²) in [4.78, 5) is 38.5. The van der Waals surface area contributed by atoms with Crippen LogP contribution in [0, 0.1) is 0 Å². The van der Waals surface area contributed by atoms with Gasteiger partial charge in [0.2, 0.25) is 5.91 Å². The highest BCUT2D eigenvalue weighted by Crippen LogP contribution is 2.39. The van der Waals surface area contributed by atoms with Crippen LogP contribution in [0.3, 0.4) is 0 Å². The van der Waals surface area contributed by atoms with Gasteiger partial charge in [0.05, 0.1) is 12.0 Å². The van der Waals surface area contributed by atoms with Gasteiger partial charge in [-0.2, -0.15) is 0 Å². The first-order valence-electron chi connectivity index (χ1n) is 10.1. The molecule has 0 radical (unpaired) electrons. The van der Waals surface area contributed by atoms with E-state index in [0.29, 0.717) is 45.3 Å². The Morgan fingerprint density at radius 1 is 1.24 bits per heavy atom. The van der Waals surface area contributed by atoms with Gasteiger partial charge in [-0.3, -0.25) is 9.59 Å². The Bertz CT molecular complexity index is 774. The molecule has 1 saturated heterocycles. The van der Waals surface area contributed by atoms with Crippen LogP contribution in [0.1, 0.15) is 37.7 Å². The number of nitrogens with one attached hydrogen (secondary N) is 1. The summed E-state index contributed by atoms with van der Waals surface area (Å²) in [6.07, 6.45) is 3.04. The number of hydrogen-bond acceptors (Lipinski definition) is 6. The monoisotopic (exact) mass is 403 g/mol. The first-order chi connectivity index (χ1) is 13.9. The number of nitrogens with zero attached hydrogens (tertiary/aromatic N) is 2. The lowest BCUT2D eigenvalue weighted by Crippen LogP contribution is -2.46. The number of likely N-dealkylation sites (N-methyl/N-ethyl adjacent to an activating group) is 1. The summed E-state index contributed by atoms with van der Waals surface area (Å²) in [5.74, 6) is -1.07. The number of aliphatic hydroxyl groups is 1. The summed E-state index contributed by atoms with van der Waals surface area (Å²) in [5, 5.41) is 22.2. The van der Waals surface area contributed by atoms with Crippen LogP contribution in [0.5, 0.6) is 0 Å². The highest BCUT2D eigenvalue weighted by atomic mass is 16.4. The van der Waals surface area contributed by atoms with Crippen LogP contribution >= 0.6 is 0 Å². The average Bonchev–Trinajstić information content (AvgIpc) is 3.12. The number of anilines is 2. The van der Waals surface area contributed by atoms with Crippen molar-refractivity contribution in [3.63, 3.8) is 0 Å². The van der Waals surface area contributed by atoms with Gasteiger partial charge < -0.3 is 30.1 Å². The Morgan fingerprint density at radius 2 is 1.93 bits per heavy atom. The van der Waals surface area contributed by atoms with Gasteiger partial charge >= 0.3 is 5.97 Å². The third kappa shape index (κ3) is 4.53. The van der Waals surface area contributed by atoms with Crippen LogP contribution in [0.4, 0.5) is 11.4 Å². The summed E-state index contributed by atoms with van der Waals surface area (Å²) in [6, 6.07) is 5.63. The lowest BCUT2D eigenvalue weighted by molar-refractivity contribution is -0.143. The van der Waals surface area contributed by atoms with Crippen LogP contribution in [0.25, 0.3) is 0 Å². The molecule has 1 unspecified atom stereocenters. The Hall–Kier alpha value is -2.61. The third-order valence-electron chi connectivity index (χ3n) is 6.04. The second-order valence-electron chi connectivity index (χ2n) is 7.87. The number of carbonyl (C=O) groups excluding carboxylic acids is 2. The minimum absolute atomic E-state index is 0.0955. The van der Waals surface area contributed by atoms with Gasteiger partial charge in [-0.1, -0.05) is 6.07 Å². The Labute approximate surface area is 170 Å². The number of carboxylic acid groups (broad SMARTS) is 1. The molecule has 3 N–H and O–H groups in total. The predicted molar refractivity (Wildman–Crippen MR) is 109 cm³/mol. The Kier molecular flexibility index (Phi) is 6.42. The minimum Gasteiger partial charge on any atom is -0.481 e. The second kappa shape index (κ2) is 8.82. The minimum atomic E-state index is -1.15. The molecular formula is C21H29N3O5. The Balaban J connectivity index is 1.79. The van der Waals surface area contributed by atoms with Gasteiger partial charge in [0, 0.05) is 50.0 Å². The molecule has 0 saturated carbocycles. The molecule has 1 fully saturated rings. The fraction of sp³-hybridized carbons (Fsp3) is 0.571. The fourth-order valence-electron chi connectivity index (χ4n) is 4.50. The maximum Gasteiger partial charge on any atom is 0.306 e. The maximum absolute atomic E-state index is 12.4. The van der Waals surface area contributed by atoms with E-state index in [-0.39, 0.29) is 18.4 Å². The van der Waals surface area contributed by atoms with E-state index in [4.69, 9.17) is 5.11 Å². The molecule has 0 bridgehead atoms. The molecule has 0 aliphatic carbocycles. The van der Waals surface area contributed by atoms with E-state index >= 15 is 0 Å². The molecule has 3 rings (SSSR count). The molecule has 1 amide bonds. The number of rotatable bonds is 8. The summed E-state index contributed by atoms with van der Waals surface area (Å²) in [5.41, 5.74) is 2.10. The molecular weight excluding hydrogens is 374 g/mol.